The van der Waals surface area contributed by atoms with E-state index < -0.39 is 10.3 Å². The molecule has 4 nitrogen and oxygen atoms in total. The van der Waals surface area contributed by atoms with Crippen molar-refractivity contribution in [2.75, 3.05) is 6.61 Å². The molecule has 5 heteroatoms. The van der Waals surface area contributed by atoms with Crippen LogP contribution < -0.4 is 0 Å². The van der Waals surface area contributed by atoms with Gasteiger partial charge in [-0.05, 0) is 28.7 Å². The van der Waals surface area contributed by atoms with Crippen molar-refractivity contribution in [2.45, 2.75) is 19.3 Å². The van der Waals surface area contributed by atoms with Gasteiger partial charge in [0.2, 0.25) is 0 Å². The molecule has 2 aromatic rings. The highest BCUT2D eigenvalue weighted by molar-refractivity contribution is 7.85. The van der Waals surface area contributed by atoms with Gasteiger partial charge in [0.15, 0.2) is 0 Å². The lowest BCUT2D eigenvalue weighted by molar-refractivity contribution is 0.380. The summed E-state index contributed by atoms with van der Waals surface area (Å²) in [6.07, 6.45) is 0.595. The summed E-state index contributed by atoms with van der Waals surface area (Å²) in [6.45, 7) is 2.15. The minimum Gasteiger partial charge on any atom is -0.246 e. The van der Waals surface area contributed by atoms with Crippen LogP contribution in [0.5, 0.6) is 0 Å². The minimum absolute atomic E-state index is 0.0836. The van der Waals surface area contributed by atoms with Gasteiger partial charge in [-0.1, -0.05) is 49.4 Å². The average molecular weight is 289 g/mol. The molecule has 0 saturated heterocycles. The first-order valence-electron chi connectivity index (χ1n) is 6.49. The number of benzene rings is 2. The van der Waals surface area contributed by atoms with Crippen molar-refractivity contribution in [1.82, 2.24) is 0 Å². The third-order valence-corrected chi connectivity index (χ3v) is 4.40. The van der Waals surface area contributed by atoms with Gasteiger partial charge in [0.05, 0.1) is 5.71 Å². The maximum absolute atomic E-state index is 11.1. The molecule has 2 aromatic carbocycles. The zero-order chi connectivity index (χ0) is 14.2. The molecule has 3 rings (SSSR count). The van der Waals surface area contributed by atoms with Crippen LogP contribution in [0.1, 0.15) is 24.8 Å². The van der Waals surface area contributed by atoms with Crippen LogP contribution in [0.2, 0.25) is 0 Å². The van der Waals surface area contributed by atoms with E-state index in [2.05, 4.69) is 45.8 Å². The lowest BCUT2D eigenvalue weighted by Crippen LogP contribution is -2.06. The highest BCUT2D eigenvalue weighted by atomic mass is 32.2. The second kappa shape index (κ2) is 5.00. The molecule has 0 fully saturated rings. The Bertz CT molecular complexity index is 781. The molecular weight excluding hydrogens is 274 g/mol. The van der Waals surface area contributed by atoms with E-state index in [4.69, 9.17) is 0 Å². The Balaban J connectivity index is 1.84. The van der Waals surface area contributed by atoms with Gasteiger partial charge in [-0.3, -0.25) is 0 Å². The van der Waals surface area contributed by atoms with Crippen LogP contribution in [-0.4, -0.2) is 20.7 Å². The summed E-state index contributed by atoms with van der Waals surface area (Å²) in [5.74, 6) is 0.204. The van der Waals surface area contributed by atoms with Crippen LogP contribution in [-0.2, 0) is 14.5 Å². The van der Waals surface area contributed by atoms with Crippen LogP contribution in [0, 0.1) is 0 Å². The molecule has 0 unspecified atom stereocenters. The molecule has 0 amide bonds. The van der Waals surface area contributed by atoms with Gasteiger partial charge in [-0.15, -0.1) is 4.40 Å². The summed E-state index contributed by atoms with van der Waals surface area (Å²) < 4.78 is 30.5. The maximum Gasteiger partial charge on any atom is 0.381 e. The van der Waals surface area contributed by atoms with E-state index >= 15 is 0 Å². The molecule has 1 atom stereocenters. The molecule has 1 heterocycles. The fraction of sp³-hybridized carbons (Fsp3) is 0.267. The van der Waals surface area contributed by atoms with Gasteiger partial charge in [0.25, 0.3) is 0 Å². The Morgan fingerprint density at radius 2 is 1.95 bits per heavy atom. The summed E-state index contributed by atoms with van der Waals surface area (Å²) in [5.41, 5.74) is 1.77. The van der Waals surface area contributed by atoms with Crippen molar-refractivity contribution < 1.29 is 12.6 Å². The first-order chi connectivity index (χ1) is 9.53. The molecule has 1 aliphatic heterocycles. The Morgan fingerprint density at radius 1 is 1.20 bits per heavy atom. The quantitative estimate of drug-likeness (QED) is 0.872. The lowest BCUT2D eigenvalue weighted by Gasteiger charge is -2.12. The smallest absolute Gasteiger partial charge is 0.246 e. The van der Waals surface area contributed by atoms with Gasteiger partial charge in [0.1, 0.15) is 6.61 Å². The van der Waals surface area contributed by atoms with Gasteiger partial charge in [-0.25, -0.2) is 4.18 Å². The summed E-state index contributed by atoms with van der Waals surface area (Å²) in [7, 11) is -3.67. The molecule has 0 N–H and O–H groups in total. The topological polar surface area (TPSA) is 55.7 Å². The molecule has 0 aromatic heterocycles. The van der Waals surface area contributed by atoms with Crippen LogP contribution in [0.25, 0.3) is 10.8 Å². The van der Waals surface area contributed by atoms with Crippen LogP contribution >= 0.6 is 0 Å². The monoisotopic (exact) mass is 289 g/mol. The van der Waals surface area contributed by atoms with Crippen molar-refractivity contribution in [3.8, 4) is 0 Å². The number of hydrogen-bond donors (Lipinski definition) is 0. The fourth-order valence-electron chi connectivity index (χ4n) is 2.44. The van der Waals surface area contributed by atoms with Crippen LogP contribution in [0.4, 0.5) is 0 Å². The van der Waals surface area contributed by atoms with Crippen molar-refractivity contribution in [3.63, 3.8) is 0 Å². The maximum atomic E-state index is 11.1. The third-order valence-electron chi connectivity index (χ3n) is 3.50. The van der Waals surface area contributed by atoms with Crippen LogP contribution in [0.15, 0.2) is 46.9 Å². The largest absolute Gasteiger partial charge is 0.381 e. The molecule has 0 bridgehead atoms. The zero-order valence-corrected chi connectivity index (χ0v) is 11.9. The van der Waals surface area contributed by atoms with Crippen molar-refractivity contribution in [1.29, 1.82) is 0 Å². The predicted molar refractivity (Wildman–Crippen MR) is 79.3 cm³/mol. The zero-order valence-electron chi connectivity index (χ0n) is 11.1. The number of nitrogens with zero attached hydrogens (tertiary/aromatic N) is 1. The summed E-state index contributed by atoms with van der Waals surface area (Å²) in [4.78, 5) is 0. The molecule has 0 spiro atoms. The van der Waals surface area contributed by atoms with Gasteiger partial charge in [0, 0.05) is 0 Å². The van der Waals surface area contributed by atoms with Crippen molar-refractivity contribution in [2.24, 2.45) is 4.40 Å². The predicted octanol–water partition coefficient (Wildman–Crippen LogP) is 3.05. The third kappa shape index (κ3) is 2.73. The SMILES string of the molecule is C[C@@H](CC1=NS(=O)(=O)OC1)c1ccc2ccccc2c1. The molecule has 0 saturated carbocycles. The normalized spacial score (nSPS) is 18.9. The van der Waals surface area contributed by atoms with E-state index in [1.807, 2.05) is 12.1 Å². The molecule has 0 radical (unpaired) electrons. The number of fused-ring (bicyclic) bond motifs is 1. The Labute approximate surface area is 118 Å². The van der Waals surface area contributed by atoms with Crippen molar-refractivity contribution >= 4 is 26.8 Å². The van der Waals surface area contributed by atoms with E-state index in [-0.39, 0.29) is 12.5 Å². The molecule has 0 aliphatic carbocycles. The first kappa shape index (κ1) is 13.3. The summed E-state index contributed by atoms with van der Waals surface area (Å²) >= 11 is 0. The first-order valence-corrected chi connectivity index (χ1v) is 7.86. The fourth-order valence-corrected chi connectivity index (χ4v) is 3.22. The Hall–Kier alpha value is -1.72. The number of rotatable bonds is 3. The lowest BCUT2D eigenvalue weighted by atomic mass is 9.93. The van der Waals surface area contributed by atoms with Crippen molar-refractivity contribution in [3.05, 3.63) is 48.0 Å². The number of hydrogen-bond acceptors (Lipinski definition) is 3. The molecular formula is C15H15NO3S. The highest BCUT2D eigenvalue weighted by Gasteiger charge is 2.22. The van der Waals surface area contributed by atoms with E-state index in [1.54, 1.807) is 0 Å². The standard InChI is InChI=1S/C15H15NO3S/c1-11(8-15-10-19-20(17,18)16-15)13-7-6-12-4-2-3-5-14(12)9-13/h2-7,9,11H,8,10H2,1H3/t11-/m0/s1. The molecule has 1 aliphatic rings. The second-order valence-corrected chi connectivity index (χ2v) is 6.33. The highest BCUT2D eigenvalue weighted by Crippen LogP contribution is 2.25. The summed E-state index contributed by atoms with van der Waals surface area (Å²) in [6, 6.07) is 14.5. The van der Waals surface area contributed by atoms with Crippen LogP contribution in [0.3, 0.4) is 0 Å². The van der Waals surface area contributed by atoms with E-state index in [0.29, 0.717) is 12.1 Å². The van der Waals surface area contributed by atoms with E-state index in [1.165, 1.54) is 16.3 Å². The second-order valence-electron chi connectivity index (χ2n) is 5.06. The van der Waals surface area contributed by atoms with Gasteiger partial charge >= 0.3 is 10.3 Å². The van der Waals surface area contributed by atoms with Gasteiger partial charge < -0.3 is 0 Å². The summed E-state index contributed by atoms with van der Waals surface area (Å²) in [5, 5.41) is 2.39. The molecule has 104 valence electrons. The average Bonchev–Trinajstić information content (AvgIpc) is 2.77. The van der Waals surface area contributed by atoms with E-state index in [9.17, 15) is 8.42 Å². The Morgan fingerprint density at radius 3 is 2.65 bits per heavy atom. The molecule has 20 heavy (non-hydrogen) atoms. The minimum atomic E-state index is -3.67. The van der Waals surface area contributed by atoms with Gasteiger partial charge in [-0.2, -0.15) is 8.42 Å². The Kier molecular flexibility index (Phi) is 3.31. The van der Waals surface area contributed by atoms with E-state index in [0.717, 1.165) is 0 Å².